The highest BCUT2D eigenvalue weighted by atomic mass is 16.4. The van der Waals surface area contributed by atoms with Gasteiger partial charge in [-0.15, -0.1) is 0 Å². The highest BCUT2D eigenvalue weighted by Gasteiger charge is 2.18. The van der Waals surface area contributed by atoms with Crippen LogP contribution >= 0.6 is 0 Å². The lowest BCUT2D eigenvalue weighted by atomic mass is 9.88. The van der Waals surface area contributed by atoms with Crippen molar-refractivity contribution in [1.29, 1.82) is 0 Å². The first kappa shape index (κ1) is 30.1. The Labute approximate surface area is 218 Å². The number of hydrogen-bond acceptors (Lipinski definition) is 7. The summed E-state index contributed by atoms with van der Waals surface area (Å²) in [5, 5.41) is 48.8. The van der Waals surface area contributed by atoms with Crippen molar-refractivity contribution in [3.8, 4) is 11.5 Å². The summed E-state index contributed by atoms with van der Waals surface area (Å²) in [5.41, 5.74) is 3.09. The third-order valence-electron chi connectivity index (χ3n) is 6.10. The van der Waals surface area contributed by atoms with Crippen LogP contribution in [0, 0.1) is 5.41 Å². The molecule has 0 spiro atoms. The smallest absolute Gasteiger partial charge is 0.317 e. The highest BCUT2D eigenvalue weighted by molar-refractivity contribution is 5.69. The number of aliphatic carboxylic acids is 2. The van der Waals surface area contributed by atoms with Gasteiger partial charge in [0, 0.05) is 43.9 Å². The summed E-state index contributed by atoms with van der Waals surface area (Å²) in [6, 6.07) is 10.5. The van der Waals surface area contributed by atoms with Crippen molar-refractivity contribution in [3.63, 3.8) is 0 Å². The average Bonchev–Trinajstić information content (AvgIpc) is 2.78. The summed E-state index contributed by atoms with van der Waals surface area (Å²) in [6.07, 6.45) is 2.20. The van der Waals surface area contributed by atoms with E-state index in [2.05, 4.69) is 20.8 Å². The van der Waals surface area contributed by atoms with Crippen LogP contribution in [0.3, 0.4) is 0 Å². The Morgan fingerprint density at radius 2 is 1.19 bits per heavy atom. The Balaban J connectivity index is 2.10. The van der Waals surface area contributed by atoms with Crippen LogP contribution in [0.1, 0.15) is 49.4 Å². The summed E-state index contributed by atoms with van der Waals surface area (Å²) < 4.78 is 0. The second-order valence-corrected chi connectivity index (χ2v) is 10.7. The molecule has 9 nitrogen and oxygen atoms in total. The summed E-state index contributed by atoms with van der Waals surface area (Å²) >= 11 is 0. The number of carboxylic acid groups (broad SMARTS) is 2. The van der Waals surface area contributed by atoms with E-state index in [9.17, 15) is 30.0 Å². The van der Waals surface area contributed by atoms with Gasteiger partial charge in [-0.25, -0.2) is 0 Å². The zero-order chi connectivity index (χ0) is 27.6. The number of aromatic hydroxyl groups is 2. The topological polar surface area (TPSA) is 142 Å². The van der Waals surface area contributed by atoms with Crippen LogP contribution in [0.25, 0.3) is 0 Å². The molecule has 0 saturated heterocycles. The fourth-order valence-corrected chi connectivity index (χ4v) is 4.02. The van der Waals surface area contributed by atoms with E-state index in [-0.39, 0.29) is 62.8 Å². The fraction of sp³-hybridized carbons (Fsp3) is 0.500. The predicted molar refractivity (Wildman–Crippen MR) is 141 cm³/mol. The molecule has 5 N–H and O–H groups in total. The second-order valence-electron chi connectivity index (χ2n) is 10.7. The normalized spacial score (nSPS) is 11.8. The number of nitrogens with zero attached hydrogens (tertiary/aromatic N) is 2. The molecule has 0 aliphatic rings. The monoisotopic (exact) mass is 516 g/mol. The van der Waals surface area contributed by atoms with Gasteiger partial charge in [-0.3, -0.25) is 19.4 Å². The number of aryl methyl sites for hydroxylation is 1. The minimum absolute atomic E-state index is 0.0141. The van der Waals surface area contributed by atoms with Gasteiger partial charge in [0.05, 0.1) is 13.1 Å². The maximum absolute atomic E-state index is 11.5. The lowest BCUT2D eigenvalue weighted by Crippen LogP contribution is -2.39. The van der Waals surface area contributed by atoms with Gasteiger partial charge in [0.15, 0.2) is 0 Å². The molecule has 2 aromatic carbocycles. The lowest BCUT2D eigenvalue weighted by molar-refractivity contribution is -0.140. The largest absolute Gasteiger partial charge is 0.508 e. The number of benzene rings is 2. The Morgan fingerprint density at radius 1 is 0.757 bits per heavy atom. The zero-order valence-corrected chi connectivity index (χ0v) is 22.0. The second kappa shape index (κ2) is 14.0. The number of aliphatic hydroxyl groups excluding tert-OH is 1. The van der Waals surface area contributed by atoms with Gasteiger partial charge in [-0.05, 0) is 47.9 Å². The van der Waals surface area contributed by atoms with Crippen molar-refractivity contribution in [3.05, 3.63) is 58.7 Å². The number of phenolic OH excluding ortho intramolecular Hbond substituents is 2. The van der Waals surface area contributed by atoms with Gasteiger partial charge in [0.1, 0.15) is 11.5 Å². The molecule has 204 valence electrons. The van der Waals surface area contributed by atoms with E-state index in [4.69, 9.17) is 5.11 Å². The molecule has 37 heavy (non-hydrogen) atoms. The molecule has 0 aliphatic heterocycles. The summed E-state index contributed by atoms with van der Waals surface area (Å²) in [7, 11) is 0. The third kappa shape index (κ3) is 11.2. The maximum atomic E-state index is 11.5. The third-order valence-corrected chi connectivity index (χ3v) is 6.10. The molecule has 2 aromatic rings. The van der Waals surface area contributed by atoms with Crippen molar-refractivity contribution in [1.82, 2.24) is 9.80 Å². The van der Waals surface area contributed by atoms with Crippen LogP contribution in [0.15, 0.2) is 36.4 Å². The zero-order valence-electron chi connectivity index (χ0n) is 22.0. The predicted octanol–water partition coefficient (Wildman–Crippen LogP) is 3.08. The van der Waals surface area contributed by atoms with Gasteiger partial charge in [-0.2, -0.15) is 0 Å². The summed E-state index contributed by atoms with van der Waals surface area (Å²) in [4.78, 5) is 26.2. The fourth-order valence-electron chi connectivity index (χ4n) is 4.02. The molecule has 0 amide bonds. The van der Waals surface area contributed by atoms with E-state index in [1.807, 2.05) is 12.1 Å². The SMILES string of the molecule is CC(C)(C)CCc1ccc(CN(CCN(CC(=O)O)Cc2ccc(CCO)cc2O)CC(=O)O)c(O)c1. The molecule has 0 heterocycles. The quantitative estimate of drug-likeness (QED) is 0.241. The molecule has 0 radical (unpaired) electrons. The van der Waals surface area contributed by atoms with Crippen LogP contribution in [0.5, 0.6) is 11.5 Å². The molecular weight excluding hydrogens is 476 g/mol. The van der Waals surface area contributed by atoms with Gasteiger partial charge in [0.2, 0.25) is 0 Å². The molecule has 0 aliphatic carbocycles. The molecule has 0 atom stereocenters. The van der Waals surface area contributed by atoms with E-state index in [1.165, 1.54) is 0 Å². The Kier molecular flexibility index (Phi) is 11.4. The number of carbonyl (C=O) groups is 2. The molecule has 2 rings (SSSR count). The minimum Gasteiger partial charge on any atom is -0.508 e. The van der Waals surface area contributed by atoms with Crippen molar-refractivity contribution < 1.29 is 35.1 Å². The molecule has 0 bridgehead atoms. The first-order valence-electron chi connectivity index (χ1n) is 12.5. The van der Waals surface area contributed by atoms with E-state index in [0.29, 0.717) is 17.5 Å². The van der Waals surface area contributed by atoms with Crippen molar-refractivity contribution in [2.75, 3.05) is 32.8 Å². The molecule has 0 saturated carbocycles. The van der Waals surface area contributed by atoms with Crippen LogP contribution in [-0.2, 0) is 35.5 Å². The maximum Gasteiger partial charge on any atom is 0.317 e. The lowest BCUT2D eigenvalue weighted by Gasteiger charge is -2.26. The van der Waals surface area contributed by atoms with Crippen molar-refractivity contribution in [2.24, 2.45) is 5.41 Å². The van der Waals surface area contributed by atoms with Crippen molar-refractivity contribution in [2.45, 2.75) is 53.1 Å². The number of phenols is 2. The van der Waals surface area contributed by atoms with E-state index in [1.54, 1.807) is 34.1 Å². The first-order valence-corrected chi connectivity index (χ1v) is 12.5. The minimum atomic E-state index is -1.04. The summed E-state index contributed by atoms with van der Waals surface area (Å²) in [5.74, 6) is -1.94. The number of hydrogen-bond donors (Lipinski definition) is 5. The first-order chi connectivity index (χ1) is 17.4. The van der Waals surface area contributed by atoms with Gasteiger partial charge in [0.25, 0.3) is 0 Å². The highest BCUT2D eigenvalue weighted by Crippen LogP contribution is 2.26. The van der Waals surface area contributed by atoms with Crippen LogP contribution < -0.4 is 0 Å². The van der Waals surface area contributed by atoms with Crippen LogP contribution in [-0.4, -0.2) is 80.1 Å². The Morgan fingerprint density at radius 3 is 1.54 bits per heavy atom. The summed E-state index contributed by atoms with van der Waals surface area (Å²) in [6.45, 7) is 6.71. The van der Waals surface area contributed by atoms with Crippen LogP contribution in [0.4, 0.5) is 0 Å². The van der Waals surface area contributed by atoms with Gasteiger partial charge in [-0.1, -0.05) is 45.0 Å². The van der Waals surface area contributed by atoms with E-state index >= 15 is 0 Å². The van der Waals surface area contributed by atoms with Crippen LogP contribution in [0.2, 0.25) is 0 Å². The van der Waals surface area contributed by atoms with Gasteiger partial charge >= 0.3 is 11.9 Å². The van der Waals surface area contributed by atoms with E-state index < -0.39 is 11.9 Å². The molecule has 9 heteroatoms. The molecular formula is C28H40N2O7. The van der Waals surface area contributed by atoms with Gasteiger partial charge < -0.3 is 25.5 Å². The number of carboxylic acids is 2. The Bertz CT molecular complexity index is 1050. The number of aliphatic hydroxyl groups is 1. The number of rotatable bonds is 15. The molecule has 0 unspecified atom stereocenters. The molecule has 0 aromatic heterocycles. The standard InChI is InChI=1S/C28H40N2O7/c1-28(2,3)10-8-20-4-6-22(24(32)14-20)16-29(18-26(34)35)11-12-30(19-27(36)37)17-23-7-5-21(9-13-31)15-25(23)33/h4-7,14-15,31-33H,8-13,16-19H2,1-3H3,(H,34,35)(H,36,37). The van der Waals surface area contributed by atoms with Crippen molar-refractivity contribution >= 4 is 11.9 Å². The molecule has 0 fully saturated rings. The van der Waals surface area contributed by atoms with E-state index in [0.717, 1.165) is 24.0 Å². The Hall–Kier alpha value is -3.14. The average molecular weight is 517 g/mol.